The van der Waals surface area contributed by atoms with Crippen LogP contribution in [0.2, 0.25) is 0 Å². The lowest BCUT2D eigenvalue weighted by Gasteiger charge is -2.31. The molecule has 18 heavy (non-hydrogen) atoms. The molecule has 0 radical (unpaired) electrons. The molecule has 1 unspecified atom stereocenters. The highest BCUT2D eigenvalue weighted by atomic mass is 16.5. The van der Waals surface area contributed by atoms with Crippen molar-refractivity contribution < 1.29 is 9.84 Å². The van der Waals surface area contributed by atoms with Gasteiger partial charge in [0.2, 0.25) is 0 Å². The summed E-state index contributed by atoms with van der Waals surface area (Å²) in [6.45, 7) is 6.20. The first-order valence-electron chi connectivity index (χ1n) is 6.80. The average Bonchev–Trinajstić information content (AvgIpc) is 2.41. The van der Waals surface area contributed by atoms with Gasteiger partial charge in [-0.1, -0.05) is 17.7 Å². The summed E-state index contributed by atoms with van der Waals surface area (Å²) in [6.07, 6.45) is 2.35. The normalized spacial score (nSPS) is 20.9. The fourth-order valence-corrected chi connectivity index (χ4v) is 2.43. The summed E-state index contributed by atoms with van der Waals surface area (Å²) in [4.78, 5) is 2.39. The standard InChI is InChI=1S/C15H23NO2/c1-13-4-6-15(7-5-13)18-10-9-16-8-2-3-14(11-16)12-17/h4-7,14,17H,2-3,8-12H2,1H3. The molecule has 3 heteroatoms. The van der Waals surface area contributed by atoms with Crippen molar-refractivity contribution in [1.29, 1.82) is 0 Å². The van der Waals surface area contributed by atoms with E-state index in [2.05, 4.69) is 24.0 Å². The predicted octanol–water partition coefficient (Wildman–Crippen LogP) is 2.08. The summed E-state index contributed by atoms with van der Waals surface area (Å²) in [5, 5.41) is 9.18. The molecule has 1 aromatic carbocycles. The smallest absolute Gasteiger partial charge is 0.119 e. The molecule has 0 spiro atoms. The Balaban J connectivity index is 1.70. The minimum atomic E-state index is 0.315. The SMILES string of the molecule is Cc1ccc(OCCN2CCCC(CO)C2)cc1. The van der Waals surface area contributed by atoms with Gasteiger partial charge in [0.25, 0.3) is 0 Å². The van der Waals surface area contributed by atoms with E-state index in [-0.39, 0.29) is 0 Å². The molecule has 1 aromatic rings. The third-order valence-electron chi connectivity index (χ3n) is 3.56. The third-order valence-corrected chi connectivity index (χ3v) is 3.56. The van der Waals surface area contributed by atoms with Crippen molar-refractivity contribution in [3.05, 3.63) is 29.8 Å². The molecule has 2 rings (SSSR count). The van der Waals surface area contributed by atoms with Gasteiger partial charge in [0.05, 0.1) is 0 Å². The molecule has 0 bridgehead atoms. The monoisotopic (exact) mass is 249 g/mol. The molecule has 0 aromatic heterocycles. The Kier molecular flexibility index (Phi) is 5.02. The maximum absolute atomic E-state index is 9.18. The predicted molar refractivity (Wildman–Crippen MR) is 72.9 cm³/mol. The van der Waals surface area contributed by atoms with Gasteiger partial charge in [-0.3, -0.25) is 4.90 Å². The number of rotatable bonds is 5. The van der Waals surface area contributed by atoms with Crippen LogP contribution in [0, 0.1) is 12.8 Å². The number of nitrogens with zero attached hydrogens (tertiary/aromatic N) is 1. The maximum Gasteiger partial charge on any atom is 0.119 e. The first-order valence-corrected chi connectivity index (χ1v) is 6.80. The van der Waals surface area contributed by atoms with E-state index in [0.717, 1.165) is 38.4 Å². The van der Waals surface area contributed by atoms with Gasteiger partial charge < -0.3 is 9.84 Å². The minimum absolute atomic E-state index is 0.315. The second kappa shape index (κ2) is 6.76. The highest BCUT2D eigenvalue weighted by Crippen LogP contribution is 2.16. The Labute approximate surface area is 109 Å². The van der Waals surface area contributed by atoms with Crippen molar-refractivity contribution in [2.75, 3.05) is 32.8 Å². The lowest BCUT2D eigenvalue weighted by molar-refractivity contribution is 0.107. The summed E-state index contributed by atoms with van der Waals surface area (Å²) in [5.74, 6) is 1.40. The van der Waals surface area contributed by atoms with Gasteiger partial charge >= 0.3 is 0 Å². The molecule has 0 saturated carbocycles. The van der Waals surface area contributed by atoms with E-state index in [1.54, 1.807) is 0 Å². The number of aliphatic hydroxyl groups excluding tert-OH is 1. The summed E-state index contributed by atoms with van der Waals surface area (Å²) >= 11 is 0. The van der Waals surface area contributed by atoms with Crippen molar-refractivity contribution in [1.82, 2.24) is 4.90 Å². The third kappa shape index (κ3) is 4.00. The Morgan fingerprint density at radius 1 is 1.33 bits per heavy atom. The summed E-state index contributed by atoms with van der Waals surface area (Å²) in [7, 11) is 0. The summed E-state index contributed by atoms with van der Waals surface area (Å²) in [6, 6.07) is 8.17. The number of likely N-dealkylation sites (tertiary alicyclic amines) is 1. The van der Waals surface area contributed by atoms with Gasteiger partial charge in [0.15, 0.2) is 0 Å². The molecular formula is C15H23NO2. The molecule has 1 atom stereocenters. The van der Waals surface area contributed by atoms with E-state index in [4.69, 9.17) is 4.74 Å². The van der Waals surface area contributed by atoms with E-state index in [1.165, 1.54) is 12.0 Å². The van der Waals surface area contributed by atoms with E-state index in [0.29, 0.717) is 12.5 Å². The van der Waals surface area contributed by atoms with Crippen LogP contribution in [-0.4, -0.2) is 42.9 Å². The lowest BCUT2D eigenvalue weighted by atomic mass is 9.99. The zero-order chi connectivity index (χ0) is 12.8. The van der Waals surface area contributed by atoms with Crippen LogP contribution in [0.15, 0.2) is 24.3 Å². The Bertz CT molecular complexity index is 350. The number of hydrogen-bond acceptors (Lipinski definition) is 3. The van der Waals surface area contributed by atoms with E-state index in [9.17, 15) is 5.11 Å². The fraction of sp³-hybridized carbons (Fsp3) is 0.600. The number of aryl methyl sites for hydroxylation is 1. The molecule has 1 fully saturated rings. The van der Waals surface area contributed by atoms with Crippen LogP contribution in [0.4, 0.5) is 0 Å². The molecule has 1 saturated heterocycles. The van der Waals surface area contributed by atoms with E-state index in [1.807, 2.05) is 12.1 Å². The lowest BCUT2D eigenvalue weighted by Crippen LogP contribution is -2.39. The average molecular weight is 249 g/mol. The number of piperidine rings is 1. The number of benzene rings is 1. The van der Waals surface area contributed by atoms with Crippen molar-refractivity contribution in [3.8, 4) is 5.75 Å². The number of ether oxygens (including phenoxy) is 1. The van der Waals surface area contributed by atoms with Gasteiger partial charge in [-0.15, -0.1) is 0 Å². The Morgan fingerprint density at radius 3 is 2.83 bits per heavy atom. The van der Waals surface area contributed by atoms with Crippen LogP contribution in [0.25, 0.3) is 0 Å². The van der Waals surface area contributed by atoms with Crippen molar-refractivity contribution >= 4 is 0 Å². The van der Waals surface area contributed by atoms with Gasteiger partial charge in [-0.25, -0.2) is 0 Å². The van der Waals surface area contributed by atoms with Crippen LogP contribution in [0.3, 0.4) is 0 Å². The van der Waals surface area contributed by atoms with Crippen LogP contribution in [0.5, 0.6) is 5.75 Å². The second-order valence-electron chi connectivity index (χ2n) is 5.15. The van der Waals surface area contributed by atoms with Crippen molar-refractivity contribution in [2.24, 2.45) is 5.92 Å². The molecule has 1 aliphatic heterocycles. The molecule has 1 heterocycles. The largest absolute Gasteiger partial charge is 0.492 e. The van der Waals surface area contributed by atoms with Crippen LogP contribution in [0.1, 0.15) is 18.4 Å². The highest BCUT2D eigenvalue weighted by molar-refractivity contribution is 5.26. The molecule has 1 aliphatic rings. The highest BCUT2D eigenvalue weighted by Gasteiger charge is 2.18. The van der Waals surface area contributed by atoms with Gasteiger partial charge in [0.1, 0.15) is 12.4 Å². The van der Waals surface area contributed by atoms with Crippen molar-refractivity contribution in [3.63, 3.8) is 0 Å². The molecule has 1 N–H and O–H groups in total. The first-order chi connectivity index (χ1) is 8.78. The quantitative estimate of drug-likeness (QED) is 0.867. The van der Waals surface area contributed by atoms with Crippen LogP contribution >= 0.6 is 0 Å². The zero-order valence-electron chi connectivity index (χ0n) is 11.1. The topological polar surface area (TPSA) is 32.7 Å². The van der Waals surface area contributed by atoms with E-state index >= 15 is 0 Å². The second-order valence-corrected chi connectivity index (χ2v) is 5.15. The molecular weight excluding hydrogens is 226 g/mol. The van der Waals surface area contributed by atoms with Gasteiger partial charge in [-0.2, -0.15) is 0 Å². The zero-order valence-corrected chi connectivity index (χ0v) is 11.1. The summed E-state index contributed by atoms with van der Waals surface area (Å²) in [5.41, 5.74) is 1.25. The Hall–Kier alpha value is -1.06. The summed E-state index contributed by atoms with van der Waals surface area (Å²) < 4.78 is 5.73. The molecule has 100 valence electrons. The molecule has 0 aliphatic carbocycles. The van der Waals surface area contributed by atoms with Crippen molar-refractivity contribution in [2.45, 2.75) is 19.8 Å². The van der Waals surface area contributed by atoms with Gasteiger partial charge in [0, 0.05) is 19.7 Å². The van der Waals surface area contributed by atoms with E-state index < -0.39 is 0 Å². The van der Waals surface area contributed by atoms with Crippen LogP contribution in [-0.2, 0) is 0 Å². The molecule has 3 nitrogen and oxygen atoms in total. The van der Waals surface area contributed by atoms with Gasteiger partial charge in [-0.05, 0) is 44.4 Å². The first kappa shape index (κ1) is 13.4. The number of aliphatic hydroxyl groups is 1. The van der Waals surface area contributed by atoms with Crippen LogP contribution < -0.4 is 4.74 Å². The fourth-order valence-electron chi connectivity index (χ4n) is 2.43. The Morgan fingerprint density at radius 2 is 2.11 bits per heavy atom. The maximum atomic E-state index is 9.18. The minimum Gasteiger partial charge on any atom is -0.492 e. The number of hydrogen-bond donors (Lipinski definition) is 1. The molecule has 0 amide bonds.